The number of hydrogen-bond donors (Lipinski definition) is 3. The molecular formula is C32H39Cl2N7O5S. The molecule has 2 aromatic carbocycles. The fourth-order valence-electron chi connectivity index (χ4n) is 6.16. The van der Waals surface area contributed by atoms with Crippen molar-refractivity contribution in [3.63, 3.8) is 0 Å². The van der Waals surface area contributed by atoms with Crippen LogP contribution in [0.25, 0.3) is 10.9 Å². The van der Waals surface area contributed by atoms with E-state index < -0.39 is 16.1 Å². The standard InChI is InChI=1S/C32H39Cl2N7O5S/c1-19-17-20(2)38-30-22(19)5-3-7-26(30)46-18-23-24(33)8-9-27(29(23)34)47(44,45)41-14-4-6-25(41)31(43)39-21-11-15-40(16-12-21)28(42)10-13-37-32(35)36/h3,5,7-9,17,21,25H,4,6,10-16,18H2,1-2H3,(H,39,43)(H4,35,36,37)/t25-/m0/s1. The third-order valence-corrected chi connectivity index (χ3v) is 11.4. The Morgan fingerprint density at radius 1 is 1.09 bits per heavy atom. The zero-order valence-electron chi connectivity index (χ0n) is 26.3. The van der Waals surface area contributed by atoms with Gasteiger partial charge in [0.15, 0.2) is 5.96 Å². The number of amides is 2. The number of carbonyl (C=O) groups excluding carboxylic acids is 2. The van der Waals surface area contributed by atoms with E-state index in [0.29, 0.717) is 55.6 Å². The number of guanidine groups is 1. The molecule has 47 heavy (non-hydrogen) atoms. The van der Waals surface area contributed by atoms with Crippen molar-refractivity contribution in [1.82, 2.24) is 19.5 Å². The molecule has 0 radical (unpaired) electrons. The summed E-state index contributed by atoms with van der Waals surface area (Å²) in [7, 11) is -4.17. The van der Waals surface area contributed by atoms with E-state index in [9.17, 15) is 18.0 Å². The molecule has 12 nitrogen and oxygen atoms in total. The molecule has 2 aliphatic heterocycles. The van der Waals surface area contributed by atoms with Crippen molar-refractivity contribution < 1.29 is 22.7 Å². The number of pyridine rings is 1. The lowest BCUT2D eigenvalue weighted by Gasteiger charge is -2.33. The second-order valence-electron chi connectivity index (χ2n) is 11.9. The monoisotopic (exact) mass is 703 g/mol. The average Bonchev–Trinajstić information content (AvgIpc) is 3.53. The van der Waals surface area contributed by atoms with E-state index in [1.807, 2.05) is 32.0 Å². The molecular weight excluding hydrogens is 665 g/mol. The first-order valence-corrected chi connectivity index (χ1v) is 17.7. The summed E-state index contributed by atoms with van der Waals surface area (Å²) in [4.78, 5) is 35.9. The molecule has 2 fully saturated rings. The van der Waals surface area contributed by atoms with Crippen LogP contribution in [0, 0.1) is 13.8 Å². The van der Waals surface area contributed by atoms with Gasteiger partial charge in [-0.3, -0.25) is 14.6 Å². The smallest absolute Gasteiger partial charge is 0.245 e. The summed E-state index contributed by atoms with van der Waals surface area (Å²) in [6.07, 6.45) is 2.20. The summed E-state index contributed by atoms with van der Waals surface area (Å²) >= 11 is 13.3. The van der Waals surface area contributed by atoms with E-state index in [-0.39, 0.29) is 64.9 Å². The van der Waals surface area contributed by atoms with E-state index in [4.69, 9.17) is 39.4 Å². The number of nitrogens with two attached hydrogens (primary N) is 2. The Morgan fingerprint density at radius 3 is 2.55 bits per heavy atom. The number of hydrogen-bond acceptors (Lipinski definition) is 7. The summed E-state index contributed by atoms with van der Waals surface area (Å²) in [5.41, 5.74) is 13.5. The van der Waals surface area contributed by atoms with Crippen LogP contribution in [-0.2, 0) is 26.2 Å². The number of aromatic nitrogens is 1. The van der Waals surface area contributed by atoms with Gasteiger partial charge in [-0.15, -0.1) is 0 Å². The number of carbonyl (C=O) groups is 2. The molecule has 0 unspecified atom stereocenters. The lowest BCUT2D eigenvalue weighted by atomic mass is 10.0. The first kappa shape index (κ1) is 34.7. The van der Waals surface area contributed by atoms with Crippen molar-refractivity contribution in [2.45, 2.75) is 69.5 Å². The van der Waals surface area contributed by atoms with Crippen LogP contribution < -0.4 is 21.5 Å². The number of fused-ring (bicyclic) bond motifs is 1. The predicted octanol–water partition coefficient (Wildman–Crippen LogP) is 3.66. The van der Waals surface area contributed by atoms with E-state index >= 15 is 0 Å². The van der Waals surface area contributed by atoms with Gasteiger partial charge in [0.2, 0.25) is 21.8 Å². The molecule has 0 saturated carbocycles. The van der Waals surface area contributed by atoms with Crippen molar-refractivity contribution in [3.8, 4) is 5.75 Å². The molecule has 1 aromatic heterocycles. The first-order valence-electron chi connectivity index (χ1n) is 15.5. The predicted molar refractivity (Wildman–Crippen MR) is 182 cm³/mol. The second-order valence-corrected chi connectivity index (χ2v) is 14.5. The number of nitrogens with one attached hydrogen (secondary N) is 1. The van der Waals surface area contributed by atoms with Gasteiger partial charge in [0.1, 0.15) is 28.8 Å². The Hall–Kier alpha value is -3.65. The Labute approximate surface area is 284 Å². The molecule has 0 bridgehead atoms. The molecule has 3 heterocycles. The summed E-state index contributed by atoms with van der Waals surface area (Å²) in [6.45, 7) is 5.15. The number of halogens is 2. The van der Waals surface area contributed by atoms with Crippen LogP contribution >= 0.6 is 23.2 Å². The number of ether oxygens (including phenoxy) is 1. The molecule has 2 saturated heterocycles. The maximum Gasteiger partial charge on any atom is 0.245 e. The molecule has 0 spiro atoms. The normalized spacial score (nSPS) is 17.5. The largest absolute Gasteiger partial charge is 0.487 e. The molecule has 2 aliphatic rings. The Kier molecular flexibility index (Phi) is 10.8. The lowest BCUT2D eigenvalue weighted by molar-refractivity contribution is -0.132. The molecule has 252 valence electrons. The third-order valence-electron chi connectivity index (χ3n) is 8.57. The number of para-hydroxylation sites is 1. The maximum atomic E-state index is 14.0. The maximum absolute atomic E-state index is 14.0. The van der Waals surface area contributed by atoms with Gasteiger partial charge in [-0.25, -0.2) is 13.4 Å². The zero-order valence-corrected chi connectivity index (χ0v) is 28.7. The highest BCUT2D eigenvalue weighted by molar-refractivity contribution is 7.89. The Balaban J connectivity index is 1.26. The highest BCUT2D eigenvalue weighted by atomic mass is 35.5. The Morgan fingerprint density at radius 2 is 1.83 bits per heavy atom. The van der Waals surface area contributed by atoms with Crippen LogP contribution in [0.2, 0.25) is 10.0 Å². The summed E-state index contributed by atoms with van der Waals surface area (Å²) in [6, 6.07) is 9.38. The number of sulfonamides is 1. The van der Waals surface area contributed by atoms with Crippen molar-refractivity contribution >= 4 is 61.9 Å². The first-order chi connectivity index (χ1) is 22.4. The highest BCUT2D eigenvalue weighted by Gasteiger charge is 2.41. The molecule has 5 rings (SSSR count). The van der Waals surface area contributed by atoms with Gasteiger partial charge in [-0.05, 0) is 69.4 Å². The summed E-state index contributed by atoms with van der Waals surface area (Å²) < 4.78 is 35.3. The fraction of sp³-hybridized carbons (Fsp3) is 0.438. The Bertz CT molecular complexity index is 1810. The minimum Gasteiger partial charge on any atom is -0.487 e. The van der Waals surface area contributed by atoms with Gasteiger partial charge in [0.05, 0.1) is 11.6 Å². The topological polar surface area (TPSA) is 173 Å². The summed E-state index contributed by atoms with van der Waals surface area (Å²) in [5, 5.41) is 4.15. The van der Waals surface area contributed by atoms with Crippen LogP contribution in [-0.4, -0.2) is 78.6 Å². The van der Waals surface area contributed by atoms with Gasteiger partial charge < -0.3 is 26.4 Å². The van der Waals surface area contributed by atoms with Gasteiger partial charge in [-0.1, -0.05) is 35.3 Å². The highest BCUT2D eigenvalue weighted by Crippen LogP contribution is 2.37. The third kappa shape index (κ3) is 7.75. The van der Waals surface area contributed by atoms with Gasteiger partial charge in [-0.2, -0.15) is 4.31 Å². The molecule has 5 N–H and O–H groups in total. The number of rotatable bonds is 10. The fourth-order valence-corrected chi connectivity index (χ4v) is 8.68. The zero-order chi connectivity index (χ0) is 33.9. The van der Waals surface area contributed by atoms with E-state index in [1.54, 1.807) is 11.0 Å². The van der Waals surface area contributed by atoms with Crippen molar-refractivity contribution in [1.29, 1.82) is 0 Å². The van der Waals surface area contributed by atoms with Crippen molar-refractivity contribution in [2.75, 3.05) is 26.2 Å². The van der Waals surface area contributed by atoms with Crippen molar-refractivity contribution in [3.05, 3.63) is 63.3 Å². The molecule has 3 aromatic rings. The number of nitrogens with zero attached hydrogens (tertiary/aromatic N) is 4. The van der Waals surface area contributed by atoms with E-state index in [1.165, 1.54) is 16.4 Å². The summed E-state index contributed by atoms with van der Waals surface area (Å²) in [5.74, 6) is 0.0320. The van der Waals surface area contributed by atoms with E-state index in [0.717, 1.165) is 16.6 Å². The lowest BCUT2D eigenvalue weighted by Crippen LogP contribution is -2.52. The van der Waals surface area contributed by atoms with Gasteiger partial charge in [0.25, 0.3) is 0 Å². The molecule has 15 heteroatoms. The van der Waals surface area contributed by atoms with Crippen molar-refractivity contribution in [2.24, 2.45) is 16.5 Å². The van der Waals surface area contributed by atoms with Crippen LogP contribution in [0.3, 0.4) is 0 Å². The quantitative estimate of drug-likeness (QED) is 0.212. The number of likely N-dealkylation sites (tertiary alicyclic amines) is 1. The minimum atomic E-state index is -4.17. The second kappa shape index (κ2) is 14.6. The van der Waals surface area contributed by atoms with Crippen LogP contribution in [0.4, 0.5) is 0 Å². The van der Waals surface area contributed by atoms with Gasteiger partial charge in [0, 0.05) is 53.8 Å². The SMILES string of the molecule is Cc1cc(C)c2cccc(OCc3c(Cl)ccc(S(=O)(=O)N4CCC[C@H]4C(=O)NC4CCN(C(=O)CCN=C(N)N)CC4)c3Cl)c2n1. The number of aryl methyl sites for hydroxylation is 2. The van der Waals surface area contributed by atoms with Gasteiger partial charge >= 0.3 is 0 Å². The van der Waals surface area contributed by atoms with Crippen LogP contribution in [0.15, 0.2) is 46.3 Å². The molecule has 2 amide bonds. The van der Waals surface area contributed by atoms with Crippen LogP contribution in [0.1, 0.15) is 48.9 Å². The molecule has 1 atom stereocenters. The van der Waals surface area contributed by atoms with E-state index in [2.05, 4.69) is 15.3 Å². The van der Waals surface area contributed by atoms with Crippen LogP contribution in [0.5, 0.6) is 5.75 Å². The minimum absolute atomic E-state index is 0.0546. The average molecular weight is 705 g/mol. The molecule has 0 aliphatic carbocycles. The number of aliphatic imine (C=N–C) groups is 1. The number of piperidine rings is 1. The number of benzene rings is 2.